The van der Waals surface area contributed by atoms with Crippen LogP contribution in [0.3, 0.4) is 0 Å². The van der Waals surface area contributed by atoms with E-state index in [4.69, 9.17) is 35.4 Å². The summed E-state index contributed by atoms with van der Waals surface area (Å²) in [5.74, 6) is -0.849. The largest absolute Gasteiger partial charge is 0.298 e. The number of thiocarbonyl (C=S) groups is 1. The van der Waals surface area contributed by atoms with Gasteiger partial charge in [-0.2, -0.15) is 0 Å². The van der Waals surface area contributed by atoms with Crippen molar-refractivity contribution in [2.24, 2.45) is 0 Å². The molecule has 2 rings (SSSR count). The highest BCUT2D eigenvalue weighted by atomic mass is 35.5. The topological polar surface area (TPSA) is 70.2 Å². The number of carbonyl (C=O) groups excluding carboxylic acids is 2. The molecule has 2 amide bonds. The Morgan fingerprint density at radius 3 is 2.04 bits per heavy atom. The van der Waals surface area contributed by atoms with Crippen LogP contribution < -0.4 is 16.2 Å². The van der Waals surface area contributed by atoms with E-state index in [-0.39, 0.29) is 5.11 Å². The minimum absolute atomic E-state index is 0.0342. The van der Waals surface area contributed by atoms with Gasteiger partial charge in [0.2, 0.25) is 5.91 Å². The molecule has 0 aliphatic rings. The highest BCUT2D eigenvalue weighted by molar-refractivity contribution is 7.80. The predicted molar refractivity (Wildman–Crippen MR) is 103 cm³/mol. The van der Waals surface area contributed by atoms with Gasteiger partial charge in [-0.05, 0) is 60.3 Å². The summed E-state index contributed by atoms with van der Waals surface area (Å²) in [6, 6.07) is 13.3. The summed E-state index contributed by atoms with van der Waals surface area (Å²) in [4.78, 5) is 23.6. The van der Waals surface area contributed by atoms with Crippen molar-refractivity contribution in [2.45, 2.75) is 0 Å². The Balaban J connectivity index is 1.79. The minimum Gasteiger partial charge on any atom is -0.298 e. The van der Waals surface area contributed by atoms with Gasteiger partial charge in [0.1, 0.15) is 0 Å². The molecular weight excluding hydrogens is 381 g/mol. The van der Waals surface area contributed by atoms with Gasteiger partial charge in [0, 0.05) is 21.7 Å². The van der Waals surface area contributed by atoms with E-state index in [9.17, 15) is 9.59 Å². The fourth-order valence-corrected chi connectivity index (χ4v) is 2.12. The van der Waals surface area contributed by atoms with Crippen molar-refractivity contribution >= 4 is 58.4 Å². The highest BCUT2D eigenvalue weighted by Gasteiger charge is 2.06. The number of amides is 2. The summed E-state index contributed by atoms with van der Waals surface area (Å²) in [5.41, 5.74) is 6.04. The van der Waals surface area contributed by atoms with E-state index in [0.29, 0.717) is 15.6 Å². The number of halogens is 2. The SMILES string of the molecule is O=C(/C=C/c1ccc(Cl)cc1)NC(=S)NNC(=O)c1ccc(Cl)cc1. The Labute approximate surface area is 160 Å². The molecule has 0 heterocycles. The van der Waals surface area contributed by atoms with Gasteiger partial charge in [-0.1, -0.05) is 35.3 Å². The van der Waals surface area contributed by atoms with Crippen LogP contribution in [0.15, 0.2) is 54.6 Å². The molecule has 0 radical (unpaired) electrons. The first-order chi connectivity index (χ1) is 11.9. The van der Waals surface area contributed by atoms with Crippen LogP contribution in [0.5, 0.6) is 0 Å². The van der Waals surface area contributed by atoms with Crippen LogP contribution in [0.25, 0.3) is 6.08 Å². The van der Waals surface area contributed by atoms with E-state index < -0.39 is 11.8 Å². The predicted octanol–water partition coefficient (Wildman–Crippen LogP) is 3.34. The van der Waals surface area contributed by atoms with Crippen LogP contribution in [0.2, 0.25) is 10.0 Å². The van der Waals surface area contributed by atoms with E-state index in [1.54, 1.807) is 54.6 Å². The van der Waals surface area contributed by atoms with Crippen molar-refractivity contribution in [3.63, 3.8) is 0 Å². The Bertz CT molecular complexity index is 806. The smallest absolute Gasteiger partial charge is 0.269 e. The number of carbonyl (C=O) groups is 2. The van der Waals surface area contributed by atoms with Gasteiger partial charge < -0.3 is 0 Å². The van der Waals surface area contributed by atoms with Gasteiger partial charge in [0.25, 0.3) is 5.91 Å². The molecule has 2 aromatic carbocycles. The molecule has 0 unspecified atom stereocenters. The lowest BCUT2D eigenvalue weighted by molar-refractivity contribution is -0.115. The third-order valence-corrected chi connectivity index (χ3v) is 3.64. The molecule has 5 nitrogen and oxygen atoms in total. The van der Waals surface area contributed by atoms with Crippen LogP contribution >= 0.6 is 35.4 Å². The fraction of sp³-hybridized carbons (Fsp3) is 0. The second-order valence-corrected chi connectivity index (χ2v) is 6.07. The molecule has 25 heavy (non-hydrogen) atoms. The van der Waals surface area contributed by atoms with Gasteiger partial charge in [0.15, 0.2) is 5.11 Å². The average molecular weight is 394 g/mol. The van der Waals surface area contributed by atoms with Crippen LogP contribution in [0.4, 0.5) is 0 Å². The van der Waals surface area contributed by atoms with Crippen molar-refractivity contribution in [1.29, 1.82) is 0 Å². The van der Waals surface area contributed by atoms with Crippen molar-refractivity contribution in [2.75, 3.05) is 0 Å². The molecule has 3 N–H and O–H groups in total. The number of hydrogen-bond acceptors (Lipinski definition) is 3. The van der Waals surface area contributed by atoms with Crippen LogP contribution in [0.1, 0.15) is 15.9 Å². The van der Waals surface area contributed by atoms with E-state index in [1.165, 1.54) is 6.08 Å². The fourth-order valence-electron chi connectivity index (χ4n) is 1.72. The molecule has 0 spiro atoms. The zero-order valence-electron chi connectivity index (χ0n) is 12.8. The lowest BCUT2D eigenvalue weighted by atomic mass is 10.2. The van der Waals surface area contributed by atoms with Gasteiger partial charge in [-0.25, -0.2) is 0 Å². The molecular formula is C17H13Cl2N3O2S. The maximum atomic E-state index is 11.9. The number of nitrogens with one attached hydrogen (secondary N) is 3. The first-order valence-corrected chi connectivity index (χ1v) is 8.21. The Kier molecular flexibility index (Phi) is 6.94. The Morgan fingerprint density at radius 2 is 1.44 bits per heavy atom. The van der Waals surface area contributed by atoms with E-state index in [1.807, 2.05) is 0 Å². The van der Waals surface area contributed by atoms with E-state index in [0.717, 1.165) is 5.56 Å². The molecule has 0 fully saturated rings. The molecule has 0 saturated heterocycles. The third kappa shape index (κ3) is 6.54. The number of hydrazine groups is 1. The quantitative estimate of drug-likeness (QED) is 0.424. The van der Waals surface area contributed by atoms with Crippen molar-refractivity contribution in [1.82, 2.24) is 16.2 Å². The van der Waals surface area contributed by atoms with E-state index >= 15 is 0 Å². The molecule has 0 aliphatic heterocycles. The normalized spacial score (nSPS) is 10.3. The lowest BCUT2D eigenvalue weighted by Gasteiger charge is -2.09. The molecule has 0 aliphatic carbocycles. The summed E-state index contributed by atoms with van der Waals surface area (Å²) < 4.78 is 0. The Morgan fingerprint density at radius 1 is 0.880 bits per heavy atom. The first kappa shape index (κ1) is 18.9. The molecule has 2 aromatic rings. The summed E-state index contributed by atoms with van der Waals surface area (Å²) in [5, 5.41) is 3.52. The van der Waals surface area contributed by atoms with Gasteiger partial charge >= 0.3 is 0 Å². The molecule has 0 saturated carbocycles. The van der Waals surface area contributed by atoms with Crippen molar-refractivity contribution in [3.8, 4) is 0 Å². The van der Waals surface area contributed by atoms with Gasteiger partial charge in [0.05, 0.1) is 0 Å². The molecule has 0 atom stereocenters. The maximum Gasteiger partial charge on any atom is 0.269 e. The molecule has 0 bridgehead atoms. The summed E-state index contributed by atoms with van der Waals surface area (Å²) in [6.07, 6.45) is 2.93. The standard InChI is InChI=1S/C17H13Cl2N3O2S/c18-13-6-1-11(2-7-13)3-10-15(23)20-17(25)22-21-16(24)12-4-8-14(19)9-5-12/h1-10H,(H,21,24)(H2,20,22,23,25)/b10-3+. The molecule has 8 heteroatoms. The monoisotopic (exact) mass is 393 g/mol. The zero-order valence-corrected chi connectivity index (χ0v) is 15.1. The number of hydrogen-bond donors (Lipinski definition) is 3. The van der Waals surface area contributed by atoms with Gasteiger partial charge in [-0.15, -0.1) is 0 Å². The summed E-state index contributed by atoms with van der Waals surface area (Å²) in [6.45, 7) is 0. The second-order valence-electron chi connectivity index (χ2n) is 4.79. The van der Waals surface area contributed by atoms with Crippen molar-refractivity contribution < 1.29 is 9.59 Å². The second kappa shape index (κ2) is 9.17. The average Bonchev–Trinajstić information content (AvgIpc) is 2.60. The first-order valence-electron chi connectivity index (χ1n) is 7.04. The Hall–Kier alpha value is -2.41. The number of rotatable bonds is 3. The summed E-state index contributed by atoms with van der Waals surface area (Å²) in [7, 11) is 0. The van der Waals surface area contributed by atoms with Crippen LogP contribution in [0, 0.1) is 0 Å². The third-order valence-electron chi connectivity index (χ3n) is 2.93. The number of benzene rings is 2. The van der Waals surface area contributed by atoms with Crippen LogP contribution in [-0.2, 0) is 4.79 Å². The lowest BCUT2D eigenvalue weighted by Crippen LogP contribution is -2.48. The molecule has 128 valence electrons. The minimum atomic E-state index is -0.437. The van der Waals surface area contributed by atoms with Gasteiger partial charge in [-0.3, -0.25) is 25.8 Å². The maximum absolute atomic E-state index is 11.9. The highest BCUT2D eigenvalue weighted by Crippen LogP contribution is 2.10. The molecule has 0 aromatic heterocycles. The van der Waals surface area contributed by atoms with E-state index in [2.05, 4.69) is 16.2 Å². The summed E-state index contributed by atoms with van der Waals surface area (Å²) >= 11 is 16.5. The zero-order chi connectivity index (χ0) is 18.2. The van der Waals surface area contributed by atoms with Crippen molar-refractivity contribution in [3.05, 3.63) is 75.8 Å². The van der Waals surface area contributed by atoms with Crippen LogP contribution in [-0.4, -0.2) is 16.9 Å².